The summed E-state index contributed by atoms with van der Waals surface area (Å²) >= 11 is 0. The lowest BCUT2D eigenvalue weighted by molar-refractivity contribution is 0.0396. The van der Waals surface area contributed by atoms with Gasteiger partial charge in [-0.1, -0.05) is 6.92 Å². The molecule has 2 atom stereocenters. The first-order valence-electron chi connectivity index (χ1n) is 14.1. The van der Waals surface area contributed by atoms with Crippen LogP contribution in [0.1, 0.15) is 61.1 Å². The third-order valence-corrected chi connectivity index (χ3v) is 8.29. The summed E-state index contributed by atoms with van der Waals surface area (Å²) in [5, 5.41) is 18.5. The van der Waals surface area contributed by atoms with Gasteiger partial charge in [0.25, 0.3) is 0 Å². The number of fused-ring (bicyclic) bond motifs is 2. The Balaban J connectivity index is 1.28. The second-order valence-electron chi connectivity index (χ2n) is 11.8. The minimum atomic E-state index is -1.38. The second kappa shape index (κ2) is 10.5. The van der Waals surface area contributed by atoms with E-state index in [1.165, 1.54) is 25.0 Å². The highest BCUT2D eigenvalue weighted by Crippen LogP contribution is 2.46. The first-order valence-corrected chi connectivity index (χ1v) is 14.1. The van der Waals surface area contributed by atoms with Gasteiger partial charge in [0.1, 0.15) is 35.2 Å². The molecule has 1 fully saturated rings. The maximum Gasteiger partial charge on any atom is 0.163 e. The molecule has 7 nitrogen and oxygen atoms in total. The summed E-state index contributed by atoms with van der Waals surface area (Å²) in [6.45, 7) is 7.34. The number of nitrogens with one attached hydrogen (secondary N) is 2. The monoisotopic (exact) mass is 545 g/mol. The fourth-order valence-corrected chi connectivity index (χ4v) is 5.47. The first-order chi connectivity index (χ1) is 19.2. The number of Topliss-reactive ketones (excluding diaryl/α,β-unsaturated/α-hetero) is 1. The summed E-state index contributed by atoms with van der Waals surface area (Å²) in [5.74, 6) is 1.68. The highest BCUT2D eigenvalue weighted by Gasteiger charge is 2.41. The lowest BCUT2D eigenvalue weighted by Crippen LogP contribution is -2.38. The fraction of sp³-hybridized carbons (Fsp3) is 0.438. The van der Waals surface area contributed by atoms with Gasteiger partial charge in [-0.2, -0.15) is 0 Å². The van der Waals surface area contributed by atoms with Crippen LogP contribution in [0.5, 0.6) is 11.5 Å². The molecule has 0 unspecified atom stereocenters. The Morgan fingerprint density at radius 1 is 1.20 bits per heavy atom. The van der Waals surface area contributed by atoms with E-state index in [-0.39, 0.29) is 29.9 Å². The van der Waals surface area contributed by atoms with Crippen LogP contribution >= 0.6 is 0 Å². The number of aromatic nitrogens is 1. The molecule has 210 valence electrons. The summed E-state index contributed by atoms with van der Waals surface area (Å²) in [6, 6.07) is 13.5. The van der Waals surface area contributed by atoms with Crippen molar-refractivity contribution in [1.82, 2.24) is 10.3 Å². The van der Waals surface area contributed by atoms with Crippen LogP contribution in [0.4, 0.5) is 10.1 Å². The SMILES string of the molecule is C[C@]1(CNCC2CC2)COc2c1cc([C@@](C)(O)CCC(=O)c1ccc3c(c1)OCCN3)nc2-c1ccc(F)cc1. The molecular formula is C32H36FN3O4. The number of hydrogen-bond donors (Lipinski definition) is 3. The summed E-state index contributed by atoms with van der Waals surface area (Å²) in [4.78, 5) is 18.0. The Hall–Kier alpha value is -3.49. The van der Waals surface area contributed by atoms with Crippen molar-refractivity contribution in [2.24, 2.45) is 5.92 Å². The average Bonchev–Trinajstić information content (AvgIpc) is 3.73. The molecule has 1 aliphatic carbocycles. The number of aliphatic hydroxyl groups is 1. The molecule has 6 rings (SSSR count). The number of hydrogen-bond acceptors (Lipinski definition) is 7. The van der Waals surface area contributed by atoms with Crippen molar-refractivity contribution in [2.45, 2.75) is 50.5 Å². The lowest BCUT2D eigenvalue weighted by atomic mass is 9.82. The average molecular weight is 546 g/mol. The number of carbonyl (C=O) groups is 1. The molecule has 1 aromatic heterocycles. The highest BCUT2D eigenvalue weighted by atomic mass is 19.1. The Labute approximate surface area is 234 Å². The van der Waals surface area contributed by atoms with Crippen molar-refractivity contribution in [3.63, 3.8) is 0 Å². The minimum Gasteiger partial charge on any atom is -0.490 e. The van der Waals surface area contributed by atoms with E-state index in [1.807, 2.05) is 12.1 Å². The van der Waals surface area contributed by atoms with Gasteiger partial charge in [-0.15, -0.1) is 0 Å². The van der Waals surface area contributed by atoms with Crippen molar-refractivity contribution in [2.75, 3.05) is 38.2 Å². The van der Waals surface area contributed by atoms with Crippen molar-refractivity contribution in [1.29, 1.82) is 0 Å². The Kier molecular flexibility index (Phi) is 7.00. The van der Waals surface area contributed by atoms with Crippen LogP contribution in [0.15, 0.2) is 48.5 Å². The maximum absolute atomic E-state index is 13.7. The number of ketones is 1. The Morgan fingerprint density at radius 2 is 2.00 bits per heavy atom. The quantitative estimate of drug-likeness (QED) is 0.301. The van der Waals surface area contributed by atoms with Crippen molar-refractivity contribution >= 4 is 11.5 Å². The van der Waals surface area contributed by atoms with Gasteiger partial charge in [-0.3, -0.25) is 4.79 Å². The van der Waals surface area contributed by atoms with Gasteiger partial charge in [0.15, 0.2) is 5.78 Å². The normalized spacial score (nSPS) is 20.9. The number of rotatable bonds is 10. The first kappa shape index (κ1) is 26.7. The Bertz CT molecular complexity index is 1420. The molecule has 0 radical (unpaired) electrons. The molecule has 0 saturated heterocycles. The van der Waals surface area contributed by atoms with Crippen LogP contribution in [0.3, 0.4) is 0 Å². The summed E-state index contributed by atoms with van der Waals surface area (Å²) in [6.07, 6.45) is 2.88. The van der Waals surface area contributed by atoms with E-state index in [1.54, 1.807) is 31.2 Å². The molecule has 3 aliphatic rings. The third kappa shape index (κ3) is 5.43. The molecule has 0 amide bonds. The maximum atomic E-state index is 13.7. The smallest absolute Gasteiger partial charge is 0.163 e. The number of anilines is 1. The van der Waals surface area contributed by atoms with E-state index in [2.05, 4.69) is 17.6 Å². The zero-order valence-corrected chi connectivity index (χ0v) is 23.1. The van der Waals surface area contributed by atoms with Gasteiger partial charge >= 0.3 is 0 Å². The number of halogens is 1. The van der Waals surface area contributed by atoms with E-state index in [9.17, 15) is 14.3 Å². The molecule has 3 heterocycles. The van der Waals surface area contributed by atoms with Crippen molar-refractivity contribution < 1.29 is 23.8 Å². The molecule has 8 heteroatoms. The van der Waals surface area contributed by atoms with Gasteiger partial charge in [0, 0.05) is 41.6 Å². The van der Waals surface area contributed by atoms with Gasteiger partial charge in [-0.25, -0.2) is 9.37 Å². The van der Waals surface area contributed by atoms with Gasteiger partial charge in [-0.05, 0) is 87.2 Å². The number of pyridine rings is 1. The van der Waals surface area contributed by atoms with E-state index in [0.717, 1.165) is 36.8 Å². The van der Waals surface area contributed by atoms with Crippen LogP contribution in [0.25, 0.3) is 11.3 Å². The number of ether oxygens (including phenoxy) is 2. The molecule has 40 heavy (non-hydrogen) atoms. The summed E-state index contributed by atoms with van der Waals surface area (Å²) in [5.41, 5.74) is 2.45. The predicted octanol–water partition coefficient (Wildman–Crippen LogP) is 5.21. The molecule has 2 aromatic carbocycles. The molecular weight excluding hydrogens is 509 g/mol. The molecule has 2 aliphatic heterocycles. The molecule has 1 saturated carbocycles. The van der Waals surface area contributed by atoms with Crippen LogP contribution in [-0.2, 0) is 11.0 Å². The van der Waals surface area contributed by atoms with Crippen LogP contribution < -0.4 is 20.1 Å². The summed E-state index contributed by atoms with van der Waals surface area (Å²) in [7, 11) is 0. The lowest BCUT2D eigenvalue weighted by Gasteiger charge is -2.27. The zero-order chi connectivity index (χ0) is 27.9. The number of carbonyl (C=O) groups excluding carboxylic acids is 1. The zero-order valence-electron chi connectivity index (χ0n) is 23.1. The van der Waals surface area contributed by atoms with Crippen molar-refractivity contribution in [3.8, 4) is 22.8 Å². The Morgan fingerprint density at radius 3 is 2.77 bits per heavy atom. The molecule has 0 spiro atoms. The highest BCUT2D eigenvalue weighted by molar-refractivity contribution is 5.97. The molecule has 0 bridgehead atoms. The standard InChI is InChI=1S/C32H36FN3O4/c1-31(18-34-17-20-3-4-20)19-40-30-24(31)16-28(36-29(30)21-5-8-23(33)9-6-21)32(2,38)12-11-26(37)22-7-10-25-27(15-22)39-14-13-35-25/h5-10,15-16,20,34-35,38H,3-4,11-14,17-19H2,1-2H3/t31-,32-/m0/s1. The van der Waals surface area contributed by atoms with Gasteiger partial charge in [0.2, 0.25) is 0 Å². The van der Waals surface area contributed by atoms with Crippen LogP contribution in [-0.4, -0.2) is 48.7 Å². The van der Waals surface area contributed by atoms with E-state index >= 15 is 0 Å². The molecule has 3 aromatic rings. The third-order valence-electron chi connectivity index (χ3n) is 8.29. The topological polar surface area (TPSA) is 92.7 Å². The predicted molar refractivity (Wildman–Crippen MR) is 152 cm³/mol. The van der Waals surface area contributed by atoms with Gasteiger partial charge < -0.3 is 25.2 Å². The van der Waals surface area contributed by atoms with Crippen molar-refractivity contribution in [3.05, 3.63) is 71.2 Å². The van der Waals surface area contributed by atoms with E-state index < -0.39 is 5.60 Å². The molecule has 3 N–H and O–H groups in total. The van der Waals surface area contributed by atoms with Gasteiger partial charge in [0.05, 0.1) is 18.0 Å². The second-order valence-corrected chi connectivity index (χ2v) is 11.8. The fourth-order valence-electron chi connectivity index (χ4n) is 5.47. The number of nitrogens with zero attached hydrogens (tertiary/aromatic N) is 1. The van der Waals surface area contributed by atoms with Crippen LogP contribution in [0, 0.1) is 11.7 Å². The minimum absolute atomic E-state index is 0.0744. The summed E-state index contributed by atoms with van der Waals surface area (Å²) < 4.78 is 25.7. The van der Waals surface area contributed by atoms with Crippen LogP contribution in [0.2, 0.25) is 0 Å². The largest absolute Gasteiger partial charge is 0.490 e. The number of benzene rings is 2. The van der Waals surface area contributed by atoms with E-state index in [4.69, 9.17) is 14.5 Å². The van der Waals surface area contributed by atoms with E-state index in [0.29, 0.717) is 47.2 Å².